The molecule has 1 saturated heterocycles. The predicted molar refractivity (Wildman–Crippen MR) is 125 cm³/mol. The third kappa shape index (κ3) is 5.33. The maximum absolute atomic E-state index is 13.9. The van der Waals surface area contributed by atoms with Crippen molar-refractivity contribution in [1.82, 2.24) is 0 Å². The summed E-state index contributed by atoms with van der Waals surface area (Å²) in [6, 6.07) is 11.2. The Labute approximate surface area is 218 Å². The monoisotopic (exact) mass is 546 g/mol. The van der Waals surface area contributed by atoms with E-state index in [1.54, 1.807) is 0 Å². The van der Waals surface area contributed by atoms with Gasteiger partial charge in [-0.15, -0.1) is 0 Å². The van der Waals surface area contributed by atoms with Crippen LogP contribution in [0.2, 0.25) is 0 Å². The number of hydrogen-bond acceptors (Lipinski definition) is 9. The number of carbonyl (C=O) groups excluding carboxylic acids is 3. The summed E-state index contributed by atoms with van der Waals surface area (Å²) >= 11 is 0. The quantitative estimate of drug-likeness (QED) is 0.197. The molecule has 1 heterocycles. The van der Waals surface area contributed by atoms with E-state index in [0.29, 0.717) is 0 Å². The third-order valence-corrected chi connectivity index (χ3v) is 6.25. The minimum Gasteiger partial charge on any atom is -0.441 e. The van der Waals surface area contributed by atoms with Crippen molar-refractivity contribution in [3.05, 3.63) is 107 Å². The average molecular weight is 546 g/mol. The summed E-state index contributed by atoms with van der Waals surface area (Å²) < 4.78 is 51.4. The van der Waals surface area contributed by atoms with Crippen molar-refractivity contribution in [2.75, 3.05) is 0 Å². The van der Waals surface area contributed by atoms with E-state index in [0.717, 1.165) is 72.8 Å². The molecule has 12 heteroatoms. The molecule has 204 valence electrons. The number of halogens is 3. The lowest BCUT2D eigenvalue weighted by Gasteiger charge is -2.49. The maximum Gasteiger partial charge on any atom is 0.339 e. The molecule has 0 aromatic heterocycles. The van der Waals surface area contributed by atoms with Crippen molar-refractivity contribution < 1.29 is 57.5 Å². The van der Waals surface area contributed by atoms with Crippen LogP contribution in [0.3, 0.4) is 0 Å². The molecule has 9 nitrogen and oxygen atoms in total. The van der Waals surface area contributed by atoms with Gasteiger partial charge in [-0.2, -0.15) is 0 Å². The van der Waals surface area contributed by atoms with Gasteiger partial charge in [0.15, 0.2) is 18.2 Å². The van der Waals surface area contributed by atoms with Crippen molar-refractivity contribution in [3.8, 4) is 0 Å². The highest BCUT2D eigenvalue weighted by atomic mass is 19.1. The highest BCUT2D eigenvalue weighted by Crippen LogP contribution is 2.39. The lowest BCUT2D eigenvalue weighted by molar-refractivity contribution is -0.278. The topological polar surface area (TPSA) is 151 Å². The highest BCUT2D eigenvalue weighted by molar-refractivity contribution is 6.12. The average Bonchev–Trinajstić information content (AvgIpc) is 2.91. The summed E-state index contributed by atoms with van der Waals surface area (Å²) in [6.07, 6.45) is -11.7. The summed E-state index contributed by atoms with van der Waals surface area (Å²) in [4.78, 5) is 40.8. The van der Waals surface area contributed by atoms with Gasteiger partial charge < -0.3 is 29.9 Å². The summed E-state index contributed by atoms with van der Waals surface area (Å²) in [5.74, 6) is -6.06. The number of ether oxygens (including phenoxy) is 2. The van der Waals surface area contributed by atoms with Crippen LogP contribution in [-0.2, 0) is 9.47 Å². The Morgan fingerprint density at radius 2 is 1.18 bits per heavy atom. The Bertz CT molecular complexity index is 1360. The molecule has 0 saturated carbocycles. The Kier molecular flexibility index (Phi) is 7.95. The minimum absolute atomic E-state index is 0.301. The first-order valence-electron chi connectivity index (χ1n) is 11.4. The van der Waals surface area contributed by atoms with E-state index in [1.165, 1.54) is 0 Å². The molecule has 0 radical (unpaired) electrons. The van der Waals surface area contributed by atoms with Crippen molar-refractivity contribution in [2.24, 2.45) is 0 Å². The van der Waals surface area contributed by atoms with Crippen LogP contribution < -0.4 is 0 Å². The largest absolute Gasteiger partial charge is 0.441 e. The predicted octanol–water partition coefficient (Wildman–Crippen LogP) is 1.57. The molecule has 1 unspecified atom stereocenters. The van der Waals surface area contributed by atoms with Gasteiger partial charge in [0.05, 0.1) is 5.56 Å². The van der Waals surface area contributed by atoms with Gasteiger partial charge in [-0.1, -0.05) is 0 Å². The maximum atomic E-state index is 13.9. The molecule has 0 amide bonds. The molecule has 4 rings (SSSR count). The fourth-order valence-electron chi connectivity index (χ4n) is 4.23. The van der Waals surface area contributed by atoms with Crippen LogP contribution in [-0.4, -0.2) is 74.3 Å². The van der Waals surface area contributed by atoms with Crippen LogP contribution in [0.4, 0.5) is 13.2 Å². The van der Waals surface area contributed by atoms with Gasteiger partial charge in [0, 0.05) is 11.1 Å². The van der Waals surface area contributed by atoms with Crippen molar-refractivity contribution in [2.45, 2.75) is 36.3 Å². The Hall–Kier alpha value is -3.94. The van der Waals surface area contributed by atoms with E-state index in [-0.39, 0.29) is 11.1 Å². The summed E-state index contributed by atoms with van der Waals surface area (Å²) in [6.45, 7) is 0. The van der Waals surface area contributed by atoms with Gasteiger partial charge >= 0.3 is 5.97 Å². The van der Waals surface area contributed by atoms with Gasteiger partial charge in [-0.25, -0.2) is 18.0 Å². The number of Topliss-reactive ketones (excluding diaryl/α,β-unsaturated/α-hetero) is 2. The second-order valence-corrected chi connectivity index (χ2v) is 8.73. The van der Waals surface area contributed by atoms with Crippen LogP contribution >= 0.6 is 0 Å². The van der Waals surface area contributed by atoms with E-state index in [1.807, 2.05) is 0 Å². The molecular formula is C27H21F3O9. The molecule has 4 N–H and O–H groups in total. The van der Waals surface area contributed by atoms with Crippen LogP contribution in [0, 0.1) is 17.5 Å². The summed E-state index contributed by atoms with van der Waals surface area (Å²) in [7, 11) is 0. The number of hydrogen-bond donors (Lipinski definition) is 4. The van der Waals surface area contributed by atoms with Gasteiger partial charge in [0.25, 0.3) is 0 Å². The summed E-state index contributed by atoms with van der Waals surface area (Å²) in [5, 5.41) is 41.4. The lowest BCUT2D eigenvalue weighted by atomic mass is 9.74. The van der Waals surface area contributed by atoms with Crippen LogP contribution in [0.1, 0.15) is 31.1 Å². The van der Waals surface area contributed by atoms with E-state index >= 15 is 0 Å². The third-order valence-electron chi connectivity index (χ3n) is 6.25. The van der Waals surface area contributed by atoms with Gasteiger partial charge in [0.1, 0.15) is 35.8 Å². The molecule has 0 aliphatic carbocycles. The van der Waals surface area contributed by atoms with Crippen LogP contribution in [0.15, 0.2) is 72.8 Å². The number of ketones is 2. The van der Waals surface area contributed by atoms with Gasteiger partial charge in [-0.05, 0) is 72.8 Å². The first-order chi connectivity index (χ1) is 18.5. The zero-order chi connectivity index (χ0) is 28.5. The van der Waals surface area contributed by atoms with E-state index in [2.05, 4.69) is 0 Å². The number of aliphatic hydroxyl groups is 4. The molecule has 3 aromatic carbocycles. The molecule has 39 heavy (non-hydrogen) atoms. The molecular weight excluding hydrogens is 525 g/mol. The number of aliphatic hydroxyl groups excluding tert-OH is 3. The lowest BCUT2D eigenvalue weighted by Crippen LogP contribution is -2.74. The zero-order valence-corrected chi connectivity index (χ0v) is 19.8. The molecule has 5 atom stereocenters. The standard InChI is InChI=1S/C27H21F3O9/c28-16-7-1-13(2-8-16)19(31)24-27(22(33)14-3-9-17(29)10-4-14,23(34)20(32)21(38-24)25(35)36)39-26(37)15-5-11-18(30)12-6-15/h1-12,20-21,23-25,32,34-36H/t20-,21-,23-,24?,27+/m0/s1. The minimum atomic E-state index is -3.10. The fourth-order valence-corrected chi connectivity index (χ4v) is 4.23. The van der Waals surface area contributed by atoms with Gasteiger partial charge in [-0.3, -0.25) is 9.59 Å². The molecule has 3 aromatic rings. The molecule has 1 fully saturated rings. The van der Waals surface area contributed by atoms with E-state index in [4.69, 9.17) is 9.47 Å². The Morgan fingerprint density at radius 3 is 1.64 bits per heavy atom. The van der Waals surface area contributed by atoms with E-state index in [9.17, 15) is 48.0 Å². The number of benzene rings is 3. The Morgan fingerprint density at radius 1 is 0.744 bits per heavy atom. The smallest absolute Gasteiger partial charge is 0.339 e. The van der Waals surface area contributed by atoms with Crippen LogP contribution in [0.25, 0.3) is 0 Å². The molecule has 1 aliphatic heterocycles. The Balaban J connectivity index is 1.92. The first-order valence-corrected chi connectivity index (χ1v) is 11.4. The van der Waals surface area contributed by atoms with E-state index < -0.39 is 76.9 Å². The highest BCUT2D eigenvalue weighted by Gasteiger charge is 2.66. The van der Waals surface area contributed by atoms with Crippen molar-refractivity contribution in [1.29, 1.82) is 0 Å². The van der Waals surface area contributed by atoms with Crippen molar-refractivity contribution in [3.63, 3.8) is 0 Å². The first kappa shape index (κ1) is 28.1. The van der Waals surface area contributed by atoms with Gasteiger partial charge in [0.2, 0.25) is 11.4 Å². The van der Waals surface area contributed by atoms with Crippen LogP contribution in [0.5, 0.6) is 0 Å². The fraction of sp³-hybridized carbons (Fsp3) is 0.222. The molecule has 0 bridgehead atoms. The SMILES string of the molecule is O=C(O[C@@]1(C(=O)c2ccc(F)cc2)C(C(=O)c2ccc(F)cc2)O[C@H](C(O)O)[C@H](O)[C@@H]1O)c1ccc(F)cc1. The second kappa shape index (κ2) is 11.0. The normalized spacial score (nSPS) is 24.8. The second-order valence-electron chi connectivity index (χ2n) is 8.73. The van der Waals surface area contributed by atoms with Crippen molar-refractivity contribution >= 4 is 17.5 Å². The molecule has 0 spiro atoms. The number of carbonyl (C=O) groups is 3. The zero-order valence-electron chi connectivity index (χ0n) is 19.8. The molecule has 1 aliphatic rings. The number of rotatable bonds is 7. The number of esters is 1. The summed E-state index contributed by atoms with van der Waals surface area (Å²) in [5.41, 5.74) is -4.12.